The average molecular weight is 444 g/mol. The van der Waals surface area contributed by atoms with Crippen LogP contribution in [0, 0.1) is 0 Å². The molecule has 5 aromatic rings. The van der Waals surface area contributed by atoms with Crippen LogP contribution in [0.1, 0.15) is 28.2 Å². The highest BCUT2D eigenvalue weighted by Crippen LogP contribution is 2.25. The number of carbonyl (C=O) groups excluding carboxylic acids is 1. The van der Waals surface area contributed by atoms with Gasteiger partial charge in [-0.2, -0.15) is 5.10 Å². The zero-order valence-corrected chi connectivity index (χ0v) is 18.7. The number of hydrogen-bond acceptors (Lipinski definition) is 2. The van der Waals surface area contributed by atoms with Gasteiger partial charge in [-0.05, 0) is 22.8 Å². The first-order chi connectivity index (χ1) is 16.8. The molecule has 166 valence electrons. The molecule has 34 heavy (non-hydrogen) atoms. The number of aromatic nitrogens is 1. The quantitative estimate of drug-likeness (QED) is 0.244. The number of rotatable bonds is 7. The van der Waals surface area contributed by atoms with Crippen molar-refractivity contribution in [1.82, 2.24) is 9.99 Å². The molecule has 1 N–H and O–H groups in total. The summed E-state index contributed by atoms with van der Waals surface area (Å²) in [5.74, 6) is -0.597. The van der Waals surface area contributed by atoms with E-state index in [0.717, 1.165) is 34.1 Å². The van der Waals surface area contributed by atoms with Crippen LogP contribution in [0.25, 0.3) is 10.9 Å². The molecule has 0 bridgehead atoms. The maximum absolute atomic E-state index is 13.2. The second-order valence-corrected chi connectivity index (χ2v) is 8.20. The molecule has 1 heterocycles. The predicted molar refractivity (Wildman–Crippen MR) is 138 cm³/mol. The summed E-state index contributed by atoms with van der Waals surface area (Å²) in [6, 6.07) is 38.2. The van der Waals surface area contributed by atoms with E-state index in [1.807, 2.05) is 78.9 Å². The van der Waals surface area contributed by atoms with E-state index in [-0.39, 0.29) is 5.91 Å². The van der Waals surface area contributed by atoms with Gasteiger partial charge in [-0.1, -0.05) is 109 Å². The number of carbonyl (C=O) groups is 1. The van der Waals surface area contributed by atoms with Gasteiger partial charge in [0.1, 0.15) is 0 Å². The van der Waals surface area contributed by atoms with Crippen LogP contribution in [0.4, 0.5) is 0 Å². The lowest BCUT2D eigenvalue weighted by Gasteiger charge is -2.16. The molecule has 1 amide bonds. The highest BCUT2D eigenvalue weighted by molar-refractivity contribution is 6.00. The summed E-state index contributed by atoms with van der Waals surface area (Å²) in [7, 11) is 0. The first-order valence-corrected chi connectivity index (χ1v) is 11.3. The Morgan fingerprint density at radius 1 is 0.765 bits per heavy atom. The van der Waals surface area contributed by atoms with Crippen molar-refractivity contribution in [2.45, 2.75) is 12.5 Å². The molecule has 4 aromatic carbocycles. The average Bonchev–Trinajstić information content (AvgIpc) is 3.23. The van der Waals surface area contributed by atoms with Crippen LogP contribution in [0.3, 0.4) is 0 Å². The van der Waals surface area contributed by atoms with Gasteiger partial charge in [0, 0.05) is 29.2 Å². The van der Waals surface area contributed by atoms with E-state index in [1.54, 1.807) is 6.21 Å². The number of hydrazone groups is 1. The standard InChI is InChI=1S/C30H25N3O/c34-30(29(24-14-6-2-7-15-24)25-16-8-3-9-17-25)32-31-20-26-22-33(21-23-12-4-1-5-13-23)28-19-11-10-18-27(26)28/h1-20,22,29H,21H2,(H,32,34)/b31-20-. The molecule has 0 radical (unpaired) electrons. The monoisotopic (exact) mass is 443 g/mol. The molecule has 0 aliphatic carbocycles. The second kappa shape index (κ2) is 10.0. The van der Waals surface area contributed by atoms with E-state index in [0.29, 0.717) is 0 Å². The minimum Gasteiger partial charge on any atom is -0.342 e. The Kier molecular flexibility index (Phi) is 6.30. The van der Waals surface area contributed by atoms with Crippen molar-refractivity contribution in [2.75, 3.05) is 0 Å². The summed E-state index contributed by atoms with van der Waals surface area (Å²) in [4.78, 5) is 13.2. The molecule has 0 aliphatic heterocycles. The minimum atomic E-state index is -0.432. The van der Waals surface area contributed by atoms with Crippen molar-refractivity contribution in [2.24, 2.45) is 5.10 Å². The van der Waals surface area contributed by atoms with Crippen molar-refractivity contribution >= 4 is 23.0 Å². The van der Waals surface area contributed by atoms with Gasteiger partial charge < -0.3 is 4.57 Å². The fourth-order valence-electron chi connectivity index (χ4n) is 4.31. The molecule has 5 rings (SSSR count). The Bertz CT molecular complexity index is 1370. The van der Waals surface area contributed by atoms with Crippen LogP contribution in [0.5, 0.6) is 0 Å². The zero-order chi connectivity index (χ0) is 23.2. The number of hydrogen-bond donors (Lipinski definition) is 1. The van der Waals surface area contributed by atoms with Gasteiger partial charge in [0.2, 0.25) is 0 Å². The van der Waals surface area contributed by atoms with Crippen molar-refractivity contribution in [3.05, 3.63) is 144 Å². The van der Waals surface area contributed by atoms with Gasteiger partial charge in [0.15, 0.2) is 0 Å². The summed E-state index contributed by atoms with van der Waals surface area (Å²) in [5, 5.41) is 5.44. The second-order valence-electron chi connectivity index (χ2n) is 8.20. The van der Waals surface area contributed by atoms with Crippen LogP contribution in [-0.4, -0.2) is 16.7 Å². The van der Waals surface area contributed by atoms with E-state index in [1.165, 1.54) is 5.56 Å². The SMILES string of the molecule is O=C(N/N=C\c1cn(Cc2ccccc2)c2ccccc12)C(c1ccccc1)c1ccccc1. The van der Waals surface area contributed by atoms with Crippen molar-refractivity contribution in [3.8, 4) is 0 Å². The highest BCUT2D eigenvalue weighted by Gasteiger charge is 2.22. The molecule has 0 saturated heterocycles. The van der Waals surface area contributed by atoms with Gasteiger partial charge in [-0.15, -0.1) is 0 Å². The molecule has 0 fully saturated rings. The third-order valence-electron chi connectivity index (χ3n) is 5.92. The predicted octanol–water partition coefficient (Wildman–Crippen LogP) is 5.97. The lowest BCUT2D eigenvalue weighted by molar-refractivity contribution is -0.121. The zero-order valence-electron chi connectivity index (χ0n) is 18.7. The molecule has 0 unspecified atom stereocenters. The Morgan fingerprint density at radius 3 is 1.97 bits per heavy atom. The number of amides is 1. The first kappa shape index (κ1) is 21.4. The number of para-hydroxylation sites is 1. The third-order valence-corrected chi connectivity index (χ3v) is 5.92. The van der Waals surface area contributed by atoms with E-state index in [2.05, 4.69) is 57.7 Å². The third kappa shape index (κ3) is 4.66. The lowest BCUT2D eigenvalue weighted by atomic mass is 9.91. The fourth-order valence-corrected chi connectivity index (χ4v) is 4.31. The Labute approximate surface area is 199 Å². The van der Waals surface area contributed by atoms with Crippen LogP contribution in [0.2, 0.25) is 0 Å². The molecule has 0 atom stereocenters. The summed E-state index contributed by atoms with van der Waals surface area (Å²) in [6.07, 6.45) is 3.81. The number of nitrogens with zero attached hydrogens (tertiary/aromatic N) is 2. The Morgan fingerprint density at radius 2 is 1.32 bits per heavy atom. The van der Waals surface area contributed by atoms with Crippen molar-refractivity contribution in [1.29, 1.82) is 0 Å². The highest BCUT2D eigenvalue weighted by atomic mass is 16.2. The number of nitrogens with one attached hydrogen (secondary N) is 1. The van der Waals surface area contributed by atoms with Crippen molar-refractivity contribution < 1.29 is 4.79 Å². The van der Waals surface area contributed by atoms with E-state index in [4.69, 9.17) is 0 Å². The van der Waals surface area contributed by atoms with Gasteiger partial charge in [-0.25, -0.2) is 5.43 Å². The molecule has 0 aliphatic rings. The maximum atomic E-state index is 13.2. The molecule has 0 spiro atoms. The maximum Gasteiger partial charge on any atom is 0.252 e. The van der Waals surface area contributed by atoms with Gasteiger partial charge in [-0.3, -0.25) is 4.79 Å². The van der Waals surface area contributed by atoms with Crippen LogP contribution >= 0.6 is 0 Å². The normalized spacial score (nSPS) is 11.3. The number of benzene rings is 4. The van der Waals surface area contributed by atoms with Gasteiger partial charge >= 0.3 is 0 Å². The van der Waals surface area contributed by atoms with Crippen LogP contribution < -0.4 is 5.43 Å². The minimum absolute atomic E-state index is 0.165. The van der Waals surface area contributed by atoms with E-state index in [9.17, 15) is 4.79 Å². The molecule has 4 heteroatoms. The molecule has 4 nitrogen and oxygen atoms in total. The lowest BCUT2D eigenvalue weighted by Crippen LogP contribution is -2.26. The van der Waals surface area contributed by atoms with E-state index >= 15 is 0 Å². The fraction of sp³-hybridized carbons (Fsp3) is 0.0667. The topological polar surface area (TPSA) is 46.4 Å². The van der Waals surface area contributed by atoms with E-state index < -0.39 is 5.92 Å². The summed E-state index contributed by atoms with van der Waals surface area (Å²) in [6.45, 7) is 0.769. The van der Waals surface area contributed by atoms with Gasteiger partial charge in [0.05, 0.1) is 12.1 Å². The van der Waals surface area contributed by atoms with Crippen LogP contribution in [0.15, 0.2) is 127 Å². The molecular weight excluding hydrogens is 418 g/mol. The summed E-state index contributed by atoms with van der Waals surface area (Å²) >= 11 is 0. The first-order valence-electron chi connectivity index (χ1n) is 11.3. The number of fused-ring (bicyclic) bond motifs is 1. The van der Waals surface area contributed by atoms with Crippen molar-refractivity contribution in [3.63, 3.8) is 0 Å². The Hall–Kier alpha value is -4.44. The molecular formula is C30H25N3O. The Balaban J connectivity index is 1.40. The smallest absolute Gasteiger partial charge is 0.252 e. The summed E-state index contributed by atoms with van der Waals surface area (Å²) in [5.41, 5.74) is 7.96. The molecule has 0 saturated carbocycles. The largest absolute Gasteiger partial charge is 0.342 e. The van der Waals surface area contributed by atoms with Crippen LogP contribution in [-0.2, 0) is 11.3 Å². The van der Waals surface area contributed by atoms with Gasteiger partial charge in [0.25, 0.3) is 5.91 Å². The summed E-state index contributed by atoms with van der Waals surface area (Å²) < 4.78 is 2.21. The molecule has 1 aromatic heterocycles.